The fraction of sp³-hybridized carbons (Fsp3) is 0.667. The summed E-state index contributed by atoms with van der Waals surface area (Å²) >= 11 is 3.87. The van der Waals surface area contributed by atoms with Gasteiger partial charge in [-0.25, -0.2) is 0 Å². The molecular weight excluding hydrogens is 733 g/mol. The molecule has 4 amide bonds. The number of hydrogen-bond donors (Lipinski definition) is 10. The summed E-state index contributed by atoms with van der Waals surface area (Å²) < 4.78 is 11.1. The Morgan fingerprint density at radius 1 is 0.630 bits per heavy atom. The van der Waals surface area contributed by atoms with Gasteiger partial charge >= 0.3 is 0 Å². The van der Waals surface area contributed by atoms with Crippen LogP contribution in [0, 0.1) is 10.8 Å². The zero-order chi connectivity index (χ0) is 38.1. The zero-order valence-electron chi connectivity index (χ0n) is 30.8. The van der Waals surface area contributed by atoms with E-state index in [1.54, 1.807) is 18.2 Å². The van der Waals surface area contributed by atoms with Gasteiger partial charge in [-0.1, -0.05) is 18.9 Å². The number of amides is 4. The Morgan fingerprint density at radius 2 is 1.06 bits per heavy atom. The maximum absolute atomic E-state index is 12.6. The van der Waals surface area contributed by atoms with Gasteiger partial charge in [-0.3, -0.25) is 30.0 Å². The molecule has 4 aliphatic rings. The molecule has 0 spiro atoms. The van der Waals surface area contributed by atoms with Crippen molar-refractivity contribution in [3.05, 3.63) is 35.4 Å². The summed E-state index contributed by atoms with van der Waals surface area (Å²) in [6.45, 7) is 2.64. The molecule has 0 saturated carbocycles. The second-order valence-electron chi connectivity index (χ2n) is 13.8. The van der Waals surface area contributed by atoms with Gasteiger partial charge in [0.05, 0.1) is 50.6 Å². The summed E-state index contributed by atoms with van der Waals surface area (Å²) in [5, 5.41) is 40.5. The summed E-state index contributed by atoms with van der Waals surface area (Å²) in [5.41, 5.74) is 0.721. The first kappa shape index (κ1) is 41.4. The fourth-order valence-corrected chi connectivity index (χ4v) is 10.1. The molecule has 18 heteroatoms. The lowest BCUT2D eigenvalue weighted by Gasteiger charge is -2.16. The minimum absolute atomic E-state index is 0.00186. The van der Waals surface area contributed by atoms with Crippen LogP contribution in [0.15, 0.2) is 24.3 Å². The Morgan fingerprint density at radius 3 is 1.50 bits per heavy atom. The predicted octanol–water partition coefficient (Wildman–Crippen LogP) is 0.493. The highest BCUT2D eigenvalue weighted by atomic mass is 32.2. The first-order chi connectivity index (χ1) is 26.3. The molecular formula is C36H56N10O6S2. The lowest BCUT2D eigenvalue weighted by atomic mass is 10.0. The number of carbonyl (C=O) groups is 4. The van der Waals surface area contributed by atoms with Crippen molar-refractivity contribution in [3.63, 3.8) is 0 Å². The summed E-state index contributed by atoms with van der Waals surface area (Å²) in [6, 6.07) is 7.78. The highest BCUT2D eigenvalue weighted by Gasteiger charge is 2.42. The smallest absolute Gasteiger partial charge is 0.251 e. The van der Waals surface area contributed by atoms with Crippen LogP contribution < -0.4 is 42.5 Å². The first-order valence-corrected chi connectivity index (χ1v) is 21.2. The lowest BCUT2D eigenvalue weighted by molar-refractivity contribution is -0.122. The third kappa shape index (κ3) is 13.2. The zero-order valence-corrected chi connectivity index (χ0v) is 32.4. The van der Waals surface area contributed by atoms with Gasteiger partial charge in [0.1, 0.15) is 0 Å². The topological polar surface area (TPSA) is 231 Å². The highest BCUT2D eigenvalue weighted by Crippen LogP contribution is 2.34. The standard InChI is InChI=1S/C36H56N10O6S2/c37-35-43-25-21-53-27(31(25)45-35)8-1-3-10-29(47)39-12-16-51-18-14-41-33(49)23-6-5-7-24(20-23)34(50)42-15-19-52-17-13-40-30(48)11-4-2-9-28-32-26(22-54-28)44-36(38)46-32/h5-7,20,25-28,31-32H,1-4,8-19,21-22H2,(H,39,47)(H,40,48)(H,41,49)(H,42,50)(H3,37,43,45)(H3,38,44,46)/t25-,26-,27-,28-,31-,32-/m0/s1. The normalized spacial score (nSPS) is 23.7. The molecule has 0 bridgehead atoms. The van der Waals surface area contributed by atoms with Crippen LogP contribution in [-0.4, -0.2) is 134 Å². The number of hydrogen-bond acceptors (Lipinski definition) is 10. The van der Waals surface area contributed by atoms with Gasteiger partial charge in [-0.2, -0.15) is 23.5 Å². The molecule has 1 aromatic rings. The van der Waals surface area contributed by atoms with E-state index in [2.05, 4.69) is 42.5 Å². The van der Waals surface area contributed by atoms with Gasteiger partial charge in [0, 0.05) is 72.2 Å². The second kappa shape index (κ2) is 22.0. The Bertz CT molecular complexity index is 1350. The molecule has 298 valence electrons. The molecule has 0 unspecified atom stereocenters. The number of nitrogens with one attached hydrogen (secondary N) is 10. The Balaban J connectivity index is 0.810. The molecule has 54 heavy (non-hydrogen) atoms. The van der Waals surface area contributed by atoms with E-state index in [1.165, 1.54) is 6.07 Å². The molecule has 16 nitrogen and oxygen atoms in total. The van der Waals surface area contributed by atoms with Crippen LogP contribution in [0.25, 0.3) is 0 Å². The van der Waals surface area contributed by atoms with E-state index >= 15 is 0 Å². The van der Waals surface area contributed by atoms with Gasteiger partial charge in [-0.05, 0) is 43.9 Å². The Labute approximate surface area is 325 Å². The number of rotatable bonds is 24. The molecule has 6 atom stereocenters. The van der Waals surface area contributed by atoms with E-state index in [-0.39, 0.29) is 49.9 Å². The molecule has 0 radical (unpaired) electrons. The van der Waals surface area contributed by atoms with Crippen molar-refractivity contribution >= 4 is 59.1 Å². The number of fused-ring (bicyclic) bond motifs is 2. The van der Waals surface area contributed by atoms with E-state index < -0.39 is 0 Å². The molecule has 10 N–H and O–H groups in total. The quantitative estimate of drug-likeness (QED) is 0.0646. The Hall–Kier alpha value is -3.74. The number of benzene rings is 1. The molecule has 5 rings (SSSR count). The van der Waals surface area contributed by atoms with Crippen LogP contribution in [0.3, 0.4) is 0 Å². The van der Waals surface area contributed by atoms with Crippen LogP contribution in [-0.2, 0) is 19.1 Å². The average molecular weight is 789 g/mol. The minimum atomic E-state index is -0.316. The van der Waals surface area contributed by atoms with Gasteiger partial charge in [0.2, 0.25) is 11.8 Å². The first-order valence-electron chi connectivity index (χ1n) is 19.1. The molecule has 1 aromatic carbocycles. The van der Waals surface area contributed by atoms with Gasteiger partial charge < -0.3 is 52.0 Å². The van der Waals surface area contributed by atoms with E-state index in [0.29, 0.717) is 96.9 Å². The van der Waals surface area contributed by atoms with E-state index in [1.807, 2.05) is 23.5 Å². The maximum atomic E-state index is 12.6. The molecule has 4 saturated heterocycles. The van der Waals surface area contributed by atoms with Crippen molar-refractivity contribution in [3.8, 4) is 0 Å². The summed E-state index contributed by atoms with van der Waals surface area (Å²) in [5.74, 6) is 2.23. The van der Waals surface area contributed by atoms with Crippen LogP contribution in [0.5, 0.6) is 0 Å². The monoisotopic (exact) mass is 788 g/mol. The minimum Gasteiger partial charge on any atom is -0.378 e. The maximum Gasteiger partial charge on any atom is 0.251 e. The third-order valence-corrected chi connectivity index (χ3v) is 12.8. The molecule has 4 aliphatic heterocycles. The lowest BCUT2D eigenvalue weighted by Crippen LogP contribution is -2.36. The number of carbonyl (C=O) groups excluding carboxylic acids is 4. The van der Waals surface area contributed by atoms with Crippen LogP contribution in [0.4, 0.5) is 0 Å². The van der Waals surface area contributed by atoms with Crippen LogP contribution in [0.2, 0.25) is 0 Å². The van der Waals surface area contributed by atoms with Crippen molar-refractivity contribution in [2.24, 2.45) is 0 Å². The molecule has 4 fully saturated rings. The van der Waals surface area contributed by atoms with Gasteiger partial charge in [0.25, 0.3) is 11.8 Å². The van der Waals surface area contributed by atoms with Crippen molar-refractivity contribution in [2.45, 2.75) is 86.0 Å². The molecule has 4 heterocycles. The van der Waals surface area contributed by atoms with Crippen molar-refractivity contribution in [2.75, 3.05) is 64.1 Å². The van der Waals surface area contributed by atoms with Crippen LogP contribution in [0.1, 0.15) is 72.1 Å². The fourth-order valence-electron chi connectivity index (χ4n) is 7.00. The average Bonchev–Trinajstić information content (AvgIpc) is 3.92. The summed E-state index contributed by atoms with van der Waals surface area (Å²) in [7, 11) is 0. The summed E-state index contributed by atoms with van der Waals surface area (Å²) in [4.78, 5) is 49.6. The molecule has 0 aliphatic carbocycles. The Kier molecular flexibility index (Phi) is 16.9. The van der Waals surface area contributed by atoms with E-state index in [4.69, 9.17) is 20.3 Å². The van der Waals surface area contributed by atoms with Gasteiger partial charge in [0.15, 0.2) is 11.9 Å². The number of guanidine groups is 2. The number of unbranched alkanes of at least 4 members (excludes halogenated alkanes) is 2. The second-order valence-corrected chi connectivity index (χ2v) is 16.4. The van der Waals surface area contributed by atoms with E-state index in [0.717, 1.165) is 50.0 Å². The third-order valence-electron chi connectivity index (χ3n) is 9.80. The van der Waals surface area contributed by atoms with Crippen molar-refractivity contribution in [1.29, 1.82) is 10.8 Å². The molecule has 0 aromatic heterocycles. The number of ether oxygens (including phenoxy) is 2. The predicted molar refractivity (Wildman–Crippen MR) is 211 cm³/mol. The number of thioether (sulfide) groups is 2. The van der Waals surface area contributed by atoms with E-state index in [9.17, 15) is 19.2 Å². The van der Waals surface area contributed by atoms with Crippen molar-refractivity contribution < 1.29 is 28.7 Å². The van der Waals surface area contributed by atoms with Crippen LogP contribution >= 0.6 is 23.5 Å². The SMILES string of the molecule is N=C1N[C@H]2[C@H](CS[C@H]2CCCCC(=O)NCCOCCNC(=O)c2cccc(C(=O)NCCOCCNC(=O)CCCC[C@@H]3SC[C@@H]4NC(=N)N[C@@H]43)c2)N1. The summed E-state index contributed by atoms with van der Waals surface area (Å²) in [6.07, 6.45) is 6.60. The highest BCUT2D eigenvalue weighted by molar-refractivity contribution is 8.00. The van der Waals surface area contributed by atoms with Gasteiger partial charge in [-0.15, -0.1) is 0 Å². The van der Waals surface area contributed by atoms with Crippen molar-refractivity contribution in [1.82, 2.24) is 42.5 Å². The largest absolute Gasteiger partial charge is 0.378 e.